The molecule has 1 unspecified atom stereocenters. The van der Waals surface area contributed by atoms with Crippen molar-refractivity contribution in [2.45, 2.75) is 11.8 Å². The normalized spacial score (nSPS) is 12.7. The van der Waals surface area contributed by atoms with E-state index in [4.69, 9.17) is 11.6 Å². The van der Waals surface area contributed by atoms with Crippen LogP contribution in [0.3, 0.4) is 0 Å². The summed E-state index contributed by atoms with van der Waals surface area (Å²) in [6.45, 7) is 0. The van der Waals surface area contributed by atoms with Gasteiger partial charge >= 0.3 is 0 Å². The molecule has 0 spiro atoms. The largest absolute Gasteiger partial charge is 0.207 e. The second kappa shape index (κ2) is 4.77. The van der Waals surface area contributed by atoms with Crippen molar-refractivity contribution in [3.63, 3.8) is 0 Å². The van der Waals surface area contributed by atoms with Gasteiger partial charge in [-0.2, -0.15) is 11.3 Å². The molecule has 0 aliphatic rings. The van der Waals surface area contributed by atoms with Crippen LogP contribution in [-0.2, 0) is 6.42 Å². The van der Waals surface area contributed by atoms with Crippen LogP contribution in [0.4, 0.5) is 4.39 Å². The summed E-state index contributed by atoms with van der Waals surface area (Å²) in [7, 11) is 0. The van der Waals surface area contributed by atoms with Crippen LogP contribution in [0, 0.1) is 5.82 Å². The maximum Gasteiger partial charge on any atom is 0.123 e. The first kappa shape index (κ1) is 10.7. The lowest BCUT2D eigenvalue weighted by atomic mass is 10.1. The van der Waals surface area contributed by atoms with E-state index in [1.807, 2.05) is 5.38 Å². The molecule has 0 N–H and O–H groups in total. The third kappa shape index (κ3) is 2.80. The molecule has 1 heterocycles. The van der Waals surface area contributed by atoms with Gasteiger partial charge in [0.05, 0.1) is 5.38 Å². The molecule has 0 aliphatic carbocycles. The van der Waals surface area contributed by atoms with Crippen molar-refractivity contribution < 1.29 is 4.39 Å². The molecule has 0 saturated carbocycles. The molecule has 2 aromatic rings. The minimum absolute atomic E-state index is 0.0831. The van der Waals surface area contributed by atoms with Crippen LogP contribution in [0.15, 0.2) is 41.1 Å². The molecule has 0 bridgehead atoms. The van der Waals surface area contributed by atoms with E-state index in [9.17, 15) is 4.39 Å². The first-order valence-corrected chi connectivity index (χ1v) is 6.04. The minimum Gasteiger partial charge on any atom is -0.207 e. The SMILES string of the molecule is Fc1ccc(C(Cl)Cc2ccsc2)cc1. The van der Waals surface area contributed by atoms with Crippen molar-refractivity contribution in [3.8, 4) is 0 Å². The van der Waals surface area contributed by atoms with E-state index in [1.165, 1.54) is 17.7 Å². The second-order valence-corrected chi connectivity index (χ2v) is 4.66. The van der Waals surface area contributed by atoms with E-state index < -0.39 is 0 Å². The van der Waals surface area contributed by atoms with Gasteiger partial charge in [0.1, 0.15) is 5.82 Å². The highest BCUT2D eigenvalue weighted by Gasteiger charge is 2.08. The number of thiophene rings is 1. The number of halogens is 2. The fraction of sp³-hybridized carbons (Fsp3) is 0.167. The van der Waals surface area contributed by atoms with Gasteiger partial charge in [-0.1, -0.05) is 12.1 Å². The molecule has 3 heteroatoms. The van der Waals surface area contributed by atoms with Gasteiger partial charge in [0.25, 0.3) is 0 Å². The molecule has 0 amide bonds. The molecule has 15 heavy (non-hydrogen) atoms. The van der Waals surface area contributed by atoms with Gasteiger partial charge in [0, 0.05) is 0 Å². The van der Waals surface area contributed by atoms with E-state index in [0.717, 1.165) is 12.0 Å². The monoisotopic (exact) mass is 240 g/mol. The van der Waals surface area contributed by atoms with Crippen molar-refractivity contribution in [1.82, 2.24) is 0 Å². The number of hydrogen-bond acceptors (Lipinski definition) is 1. The van der Waals surface area contributed by atoms with Crippen molar-refractivity contribution in [1.29, 1.82) is 0 Å². The van der Waals surface area contributed by atoms with Crippen LogP contribution in [0.5, 0.6) is 0 Å². The maximum atomic E-state index is 12.7. The summed E-state index contributed by atoms with van der Waals surface area (Å²) in [6.07, 6.45) is 0.788. The molecule has 0 radical (unpaired) electrons. The zero-order chi connectivity index (χ0) is 10.7. The van der Waals surface area contributed by atoms with Crippen LogP contribution >= 0.6 is 22.9 Å². The Morgan fingerprint density at radius 3 is 2.53 bits per heavy atom. The Labute approximate surface area is 97.3 Å². The molecule has 0 nitrogen and oxygen atoms in total. The first-order chi connectivity index (χ1) is 7.25. The highest BCUT2D eigenvalue weighted by Crippen LogP contribution is 2.25. The molecule has 0 fully saturated rings. The lowest BCUT2D eigenvalue weighted by Gasteiger charge is -2.08. The van der Waals surface area contributed by atoms with Gasteiger partial charge < -0.3 is 0 Å². The van der Waals surface area contributed by atoms with Gasteiger partial charge in [-0.25, -0.2) is 4.39 Å². The van der Waals surface area contributed by atoms with Crippen LogP contribution in [0.2, 0.25) is 0 Å². The van der Waals surface area contributed by atoms with Crippen molar-refractivity contribution in [2.24, 2.45) is 0 Å². The quantitative estimate of drug-likeness (QED) is 0.698. The van der Waals surface area contributed by atoms with E-state index in [0.29, 0.717) is 0 Å². The Bertz CT molecular complexity index is 408. The lowest BCUT2D eigenvalue weighted by Crippen LogP contribution is -1.94. The van der Waals surface area contributed by atoms with E-state index >= 15 is 0 Å². The predicted octanol–water partition coefficient (Wildman–Crippen LogP) is 4.41. The summed E-state index contributed by atoms with van der Waals surface area (Å²) < 4.78 is 12.7. The molecule has 0 aliphatic heterocycles. The van der Waals surface area contributed by atoms with Gasteiger partial charge in [0.2, 0.25) is 0 Å². The molecular weight excluding hydrogens is 231 g/mol. The van der Waals surface area contributed by atoms with Crippen molar-refractivity contribution >= 4 is 22.9 Å². The van der Waals surface area contributed by atoms with Gasteiger partial charge in [0.15, 0.2) is 0 Å². The number of alkyl halides is 1. The smallest absolute Gasteiger partial charge is 0.123 e. The number of benzene rings is 1. The molecule has 1 atom stereocenters. The summed E-state index contributed by atoms with van der Waals surface area (Å²) in [6, 6.07) is 8.42. The summed E-state index contributed by atoms with van der Waals surface area (Å²) in [4.78, 5) is 0. The highest BCUT2D eigenvalue weighted by molar-refractivity contribution is 7.07. The Morgan fingerprint density at radius 2 is 1.93 bits per heavy atom. The fourth-order valence-electron chi connectivity index (χ4n) is 1.41. The maximum absolute atomic E-state index is 12.7. The molecule has 1 aromatic carbocycles. The molecular formula is C12H10ClFS. The fourth-order valence-corrected chi connectivity index (χ4v) is 2.41. The number of rotatable bonds is 3. The zero-order valence-electron chi connectivity index (χ0n) is 7.99. The van der Waals surface area contributed by atoms with E-state index in [1.54, 1.807) is 23.5 Å². The third-order valence-corrected chi connectivity index (χ3v) is 3.37. The van der Waals surface area contributed by atoms with Crippen LogP contribution in [0.25, 0.3) is 0 Å². The topological polar surface area (TPSA) is 0 Å². The standard InChI is InChI=1S/C12H10ClFS/c13-12(7-9-5-6-15-8-9)10-1-3-11(14)4-2-10/h1-6,8,12H,7H2. The molecule has 1 aromatic heterocycles. The van der Waals surface area contributed by atoms with Crippen molar-refractivity contribution in [2.75, 3.05) is 0 Å². The molecule has 2 rings (SSSR count). The average Bonchev–Trinajstić information content (AvgIpc) is 2.71. The summed E-state index contributed by atoms with van der Waals surface area (Å²) in [5.74, 6) is -0.224. The van der Waals surface area contributed by atoms with Crippen LogP contribution in [-0.4, -0.2) is 0 Å². The zero-order valence-corrected chi connectivity index (χ0v) is 9.56. The van der Waals surface area contributed by atoms with Crippen molar-refractivity contribution in [3.05, 3.63) is 58.0 Å². The Kier molecular flexibility index (Phi) is 3.39. The Hall–Kier alpha value is -0.860. The van der Waals surface area contributed by atoms with Gasteiger partial charge in [-0.05, 0) is 46.5 Å². The third-order valence-electron chi connectivity index (χ3n) is 2.23. The van der Waals surface area contributed by atoms with Crippen LogP contribution < -0.4 is 0 Å². The minimum atomic E-state index is -0.224. The first-order valence-electron chi connectivity index (χ1n) is 4.66. The van der Waals surface area contributed by atoms with Gasteiger partial charge in [-0.3, -0.25) is 0 Å². The predicted molar refractivity (Wildman–Crippen MR) is 63.0 cm³/mol. The lowest BCUT2D eigenvalue weighted by molar-refractivity contribution is 0.626. The summed E-state index contributed by atoms with van der Waals surface area (Å²) >= 11 is 7.89. The van der Waals surface area contributed by atoms with Gasteiger partial charge in [-0.15, -0.1) is 11.6 Å². The highest BCUT2D eigenvalue weighted by atomic mass is 35.5. The van der Waals surface area contributed by atoms with Crippen LogP contribution in [0.1, 0.15) is 16.5 Å². The Morgan fingerprint density at radius 1 is 1.20 bits per heavy atom. The summed E-state index contributed by atoms with van der Waals surface area (Å²) in [5.41, 5.74) is 2.19. The van der Waals surface area contributed by atoms with E-state index in [2.05, 4.69) is 11.4 Å². The summed E-state index contributed by atoms with van der Waals surface area (Å²) in [5, 5.41) is 4.03. The van der Waals surface area contributed by atoms with E-state index in [-0.39, 0.29) is 11.2 Å². The Balaban J connectivity index is 2.08. The number of hydrogen-bond donors (Lipinski definition) is 0. The molecule has 0 saturated heterocycles. The second-order valence-electron chi connectivity index (χ2n) is 3.35. The molecule has 78 valence electrons. The average molecular weight is 241 g/mol.